The Morgan fingerprint density at radius 3 is 2.77 bits per heavy atom. The molecule has 3 nitrogen and oxygen atoms in total. The van der Waals surface area contributed by atoms with Crippen LogP contribution in [0.15, 0.2) is 12.2 Å². The van der Waals surface area contributed by atoms with Crippen molar-refractivity contribution in [3.63, 3.8) is 0 Å². The van der Waals surface area contributed by atoms with Gasteiger partial charge in [-0.15, -0.1) is 0 Å². The average Bonchev–Trinajstić information content (AvgIpc) is 2.10. The van der Waals surface area contributed by atoms with E-state index in [-0.39, 0.29) is 5.78 Å². The number of nitriles is 1. The molecule has 0 aliphatic rings. The van der Waals surface area contributed by atoms with Crippen LogP contribution in [0.4, 0.5) is 0 Å². The molecule has 0 rings (SSSR count). The molecule has 0 aromatic heterocycles. The molecule has 13 heavy (non-hydrogen) atoms. The van der Waals surface area contributed by atoms with E-state index >= 15 is 0 Å². The van der Waals surface area contributed by atoms with E-state index in [1.807, 2.05) is 6.07 Å². The zero-order valence-electron chi connectivity index (χ0n) is 8.01. The van der Waals surface area contributed by atoms with Gasteiger partial charge in [0.1, 0.15) is 0 Å². The van der Waals surface area contributed by atoms with Gasteiger partial charge in [-0.2, -0.15) is 5.26 Å². The van der Waals surface area contributed by atoms with Gasteiger partial charge in [-0.1, -0.05) is 6.58 Å². The maximum Gasteiger partial charge on any atom is 0.158 e. The number of ether oxygens (including phenoxy) is 1. The number of ketones is 1. The topological polar surface area (TPSA) is 50.1 Å². The summed E-state index contributed by atoms with van der Waals surface area (Å²) >= 11 is 0. The first kappa shape index (κ1) is 11.9. The first-order valence-electron chi connectivity index (χ1n) is 4.32. The molecule has 0 unspecified atom stereocenters. The fraction of sp³-hybridized carbons (Fsp3) is 0.600. The summed E-state index contributed by atoms with van der Waals surface area (Å²) in [6.45, 7) is 6.26. The molecular formula is C10H15NO2. The van der Waals surface area contributed by atoms with Crippen LogP contribution in [-0.4, -0.2) is 19.0 Å². The van der Waals surface area contributed by atoms with Crippen LogP contribution in [0.1, 0.15) is 26.2 Å². The Balaban J connectivity index is 3.22. The van der Waals surface area contributed by atoms with Gasteiger partial charge >= 0.3 is 0 Å². The summed E-state index contributed by atoms with van der Waals surface area (Å²) in [7, 11) is 0. The minimum absolute atomic E-state index is 0.0869. The van der Waals surface area contributed by atoms with Crippen molar-refractivity contribution in [3.8, 4) is 6.07 Å². The van der Waals surface area contributed by atoms with Crippen LogP contribution in [0.5, 0.6) is 0 Å². The first-order valence-corrected chi connectivity index (χ1v) is 4.32. The van der Waals surface area contributed by atoms with Crippen molar-refractivity contribution in [2.75, 3.05) is 13.2 Å². The van der Waals surface area contributed by atoms with Gasteiger partial charge in [0.2, 0.25) is 0 Å². The van der Waals surface area contributed by atoms with Crippen molar-refractivity contribution in [1.29, 1.82) is 5.26 Å². The van der Waals surface area contributed by atoms with Gasteiger partial charge in [-0.25, -0.2) is 0 Å². The molecule has 0 aliphatic carbocycles. The molecule has 0 saturated carbocycles. The standard InChI is InChI=1S/C10H15NO2/c1-9(2)10(12)5-3-7-13-8-4-6-11/h1,3-5,7-8H2,2H3. The summed E-state index contributed by atoms with van der Waals surface area (Å²) in [6.07, 6.45) is 1.60. The molecule has 0 radical (unpaired) electrons. The minimum Gasteiger partial charge on any atom is -0.380 e. The molecule has 0 aliphatic heterocycles. The summed E-state index contributed by atoms with van der Waals surface area (Å²) < 4.78 is 5.10. The molecule has 0 atom stereocenters. The molecule has 0 heterocycles. The van der Waals surface area contributed by atoms with Gasteiger partial charge in [0.25, 0.3) is 0 Å². The molecule has 0 aromatic carbocycles. The van der Waals surface area contributed by atoms with Gasteiger partial charge in [-0.05, 0) is 18.9 Å². The Labute approximate surface area is 79.0 Å². The van der Waals surface area contributed by atoms with Gasteiger partial charge < -0.3 is 4.74 Å². The number of rotatable bonds is 7. The molecule has 3 heteroatoms. The van der Waals surface area contributed by atoms with E-state index in [2.05, 4.69) is 6.58 Å². The maximum atomic E-state index is 11.0. The van der Waals surface area contributed by atoms with Crippen LogP contribution in [0.2, 0.25) is 0 Å². The Morgan fingerprint density at radius 2 is 2.23 bits per heavy atom. The Kier molecular flexibility index (Phi) is 6.85. The molecule has 72 valence electrons. The number of carbonyl (C=O) groups is 1. The smallest absolute Gasteiger partial charge is 0.158 e. The van der Waals surface area contributed by atoms with E-state index in [0.29, 0.717) is 38.0 Å². The van der Waals surface area contributed by atoms with E-state index in [4.69, 9.17) is 10.00 Å². The number of carbonyl (C=O) groups excluding carboxylic acids is 1. The second-order valence-corrected chi connectivity index (χ2v) is 2.83. The first-order chi connectivity index (χ1) is 6.18. The van der Waals surface area contributed by atoms with E-state index in [1.54, 1.807) is 6.92 Å². The SMILES string of the molecule is C=C(C)C(=O)CCCOCCC#N. The second kappa shape index (κ2) is 7.51. The highest BCUT2D eigenvalue weighted by Crippen LogP contribution is 1.99. The van der Waals surface area contributed by atoms with E-state index in [9.17, 15) is 4.79 Å². The van der Waals surface area contributed by atoms with Crippen molar-refractivity contribution in [2.24, 2.45) is 0 Å². The van der Waals surface area contributed by atoms with Crippen molar-refractivity contribution in [1.82, 2.24) is 0 Å². The lowest BCUT2D eigenvalue weighted by Gasteiger charge is -2.00. The van der Waals surface area contributed by atoms with Crippen molar-refractivity contribution in [3.05, 3.63) is 12.2 Å². The van der Waals surface area contributed by atoms with Crippen LogP contribution in [0, 0.1) is 11.3 Å². The third-order valence-electron chi connectivity index (χ3n) is 1.53. The fourth-order valence-corrected chi connectivity index (χ4v) is 0.768. The molecule has 0 amide bonds. The fourth-order valence-electron chi connectivity index (χ4n) is 0.768. The summed E-state index contributed by atoms with van der Waals surface area (Å²) in [5, 5.41) is 8.19. The Morgan fingerprint density at radius 1 is 1.54 bits per heavy atom. The predicted octanol–water partition coefficient (Wildman–Crippen LogP) is 1.84. The van der Waals surface area contributed by atoms with Gasteiger partial charge in [0.15, 0.2) is 5.78 Å². The molecule has 0 N–H and O–H groups in total. The lowest BCUT2D eigenvalue weighted by atomic mass is 10.1. The van der Waals surface area contributed by atoms with Crippen LogP contribution in [0.25, 0.3) is 0 Å². The lowest BCUT2D eigenvalue weighted by Crippen LogP contribution is -2.02. The summed E-state index contributed by atoms with van der Waals surface area (Å²) in [5.74, 6) is 0.0869. The zero-order valence-corrected chi connectivity index (χ0v) is 8.01. The summed E-state index contributed by atoms with van der Waals surface area (Å²) in [4.78, 5) is 11.0. The van der Waals surface area contributed by atoms with Crippen molar-refractivity contribution < 1.29 is 9.53 Å². The zero-order chi connectivity index (χ0) is 10.1. The van der Waals surface area contributed by atoms with Gasteiger partial charge in [0, 0.05) is 13.0 Å². The number of hydrogen-bond donors (Lipinski definition) is 0. The molecule has 0 spiro atoms. The maximum absolute atomic E-state index is 11.0. The third-order valence-corrected chi connectivity index (χ3v) is 1.53. The van der Waals surface area contributed by atoms with Crippen molar-refractivity contribution >= 4 is 5.78 Å². The van der Waals surface area contributed by atoms with Crippen LogP contribution >= 0.6 is 0 Å². The highest BCUT2D eigenvalue weighted by atomic mass is 16.5. The quantitative estimate of drug-likeness (QED) is 0.445. The lowest BCUT2D eigenvalue weighted by molar-refractivity contribution is -0.115. The third kappa shape index (κ3) is 7.23. The highest BCUT2D eigenvalue weighted by molar-refractivity contribution is 5.93. The van der Waals surface area contributed by atoms with Gasteiger partial charge in [0.05, 0.1) is 19.1 Å². The number of allylic oxidation sites excluding steroid dienone is 1. The number of hydrogen-bond acceptors (Lipinski definition) is 3. The number of Topliss-reactive ketones (excluding diaryl/α,β-unsaturated/α-hetero) is 1. The molecule has 0 aromatic rings. The Hall–Kier alpha value is -1.14. The Bertz CT molecular complexity index is 215. The molecule has 0 bridgehead atoms. The van der Waals surface area contributed by atoms with Crippen LogP contribution in [0.3, 0.4) is 0 Å². The van der Waals surface area contributed by atoms with Crippen molar-refractivity contribution in [2.45, 2.75) is 26.2 Å². The summed E-state index contributed by atoms with van der Waals surface area (Å²) in [5.41, 5.74) is 0.594. The van der Waals surface area contributed by atoms with E-state index < -0.39 is 0 Å². The predicted molar refractivity (Wildman–Crippen MR) is 50.1 cm³/mol. The summed E-state index contributed by atoms with van der Waals surface area (Å²) in [6, 6.07) is 1.98. The highest BCUT2D eigenvalue weighted by Gasteiger charge is 2.00. The van der Waals surface area contributed by atoms with E-state index in [0.717, 1.165) is 0 Å². The van der Waals surface area contributed by atoms with Crippen LogP contribution in [-0.2, 0) is 9.53 Å². The molecule has 0 saturated heterocycles. The monoisotopic (exact) mass is 181 g/mol. The minimum atomic E-state index is 0.0869. The number of nitrogens with zero attached hydrogens (tertiary/aromatic N) is 1. The largest absolute Gasteiger partial charge is 0.380 e. The van der Waals surface area contributed by atoms with Gasteiger partial charge in [-0.3, -0.25) is 4.79 Å². The molecule has 0 fully saturated rings. The average molecular weight is 181 g/mol. The molecular weight excluding hydrogens is 166 g/mol. The second-order valence-electron chi connectivity index (χ2n) is 2.83. The normalized spacial score (nSPS) is 9.23. The van der Waals surface area contributed by atoms with Crippen LogP contribution < -0.4 is 0 Å². The van der Waals surface area contributed by atoms with E-state index in [1.165, 1.54) is 0 Å².